The number of carbonyl (C=O) groups is 1. The van der Waals surface area contributed by atoms with Crippen molar-refractivity contribution in [2.24, 2.45) is 0 Å². The summed E-state index contributed by atoms with van der Waals surface area (Å²) in [5.41, 5.74) is 1.38. The predicted molar refractivity (Wildman–Crippen MR) is 100 cm³/mol. The second kappa shape index (κ2) is 8.25. The highest BCUT2D eigenvalue weighted by atomic mass is 19.4. The molecule has 0 spiro atoms. The quantitative estimate of drug-likeness (QED) is 0.582. The Morgan fingerprint density at radius 2 is 1.69 bits per heavy atom. The smallest absolute Gasteiger partial charge is 0.406 e. The number of ether oxygens (including phenoxy) is 1. The van der Waals surface area contributed by atoms with E-state index in [9.17, 15) is 31.1 Å². The molecule has 1 aliphatic heterocycles. The molecule has 1 aromatic carbocycles. The van der Waals surface area contributed by atoms with Crippen LogP contribution in [-0.4, -0.2) is 45.9 Å². The molecule has 2 fully saturated rings. The molecule has 4 rings (SSSR count). The first-order chi connectivity index (χ1) is 15.0. The van der Waals surface area contributed by atoms with E-state index in [0.29, 0.717) is 17.8 Å². The summed E-state index contributed by atoms with van der Waals surface area (Å²) in [4.78, 5) is 21.1. The Bertz CT molecular complexity index is 987. The van der Waals surface area contributed by atoms with Crippen molar-refractivity contribution in [3.8, 4) is 5.75 Å². The summed E-state index contributed by atoms with van der Waals surface area (Å²) in [6.07, 6.45) is -4.59. The van der Waals surface area contributed by atoms with Gasteiger partial charge in [-0.05, 0) is 54.9 Å². The normalized spacial score (nSPS) is 18.9. The first kappa shape index (κ1) is 22.3. The highest BCUT2D eigenvalue weighted by Gasteiger charge is 2.50. The molecule has 2 aromatic rings. The van der Waals surface area contributed by atoms with E-state index >= 15 is 0 Å². The monoisotopic (exact) mass is 459 g/mol. The van der Waals surface area contributed by atoms with Crippen molar-refractivity contribution in [2.75, 3.05) is 6.54 Å². The number of amides is 1. The number of carbonyl (C=O) groups excluding carboxylic acids is 1. The van der Waals surface area contributed by atoms with Crippen molar-refractivity contribution in [1.82, 2.24) is 14.9 Å². The maximum Gasteiger partial charge on any atom is 0.573 e. The van der Waals surface area contributed by atoms with Crippen LogP contribution < -0.4 is 4.74 Å². The number of rotatable bonds is 6. The second-order valence-electron chi connectivity index (χ2n) is 7.96. The van der Waals surface area contributed by atoms with Gasteiger partial charge in [0.15, 0.2) is 0 Å². The van der Waals surface area contributed by atoms with Gasteiger partial charge in [0.25, 0.3) is 5.91 Å². The fourth-order valence-corrected chi connectivity index (χ4v) is 3.66. The third-order valence-electron chi connectivity index (χ3n) is 5.52. The topological polar surface area (TPSA) is 55.3 Å². The molecular formula is C21H19F6N3O2. The fraction of sp³-hybridized carbons (Fsp3) is 0.476. The molecular weight excluding hydrogens is 440 g/mol. The molecule has 1 amide bonds. The molecule has 5 nitrogen and oxygen atoms in total. The second-order valence-corrected chi connectivity index (χ2v) is 7.96. The van der Waals surface area contributed by atoms with E-state index in [2.05, 4.69) is 14.7 Å². The lowest BCUT2D eigenvalue weighted by atomic mass is 10.0. The summed E-state index contributed by atoms with van der Waals surface area (Å²) in [5.74, 6) is -0.495. The van der Waals surface area contributed by atoms with Crippen LogP contribution in [0.25, 0.3) is 0 Å². The van der Waals surface area contributed by atoms with E-state index in [1.54, 1.807) is 0 Å². The third-order valence-corrected chi connectivity index (χ3v) is 5.52. The Morgan fingerprint density at radius 1 is 1.00 bits per heavy atom. The van der Waals surface area contributed by atoms with Gasteiger partial charge in [-0.3, -0.25) is 4.79 Å². The molecule has 1 saturated carbocycles. The third kappa shape index (κ3) is 5.31. The van der Waals surface area contributed by atoms with E-state index in [1.165, 1.54) is 24.5 Å². The maximum atomic E-state index is 12.9. The van der Waals surface area contributed by atoms with Crippen LogP contribution in [0.2, 0.25) is 0 Å². The summed E-state index contributed by atoms with van der Waals surface area (Å²) >= 11 is 0. The summed E-state index contributed by atoms with van der Waals surface area (Å²) < 4.78 is 80.5. The Labute approximate surface area is 179 Å². The zero-order valence-corrected chi connectivity index (χ0v) is 16.7. The molecule has 2 aliphatic rings. The highest BCUT2D eigenvalue weighted by Crippen LogP contribution is 2.42. The van der Waals surface area contributed by atoms with Crippen LogP contribution in [0.1, 0.15) is 52.5 Å². The van der Waals surface area contributed by atoms with Gasteiger partial charge in [-0.1, -0.05) is 6.07 Å². The molecule has 2 heterocycles. The molecule has 32 heavy (non-hydrogen) atoms. The van der Waals surface area contributed by atoms with Crippen LogP contribution in [-0.2, 0) is 12.8 Å². The number of aryl methyl sites for hydroxylation is 2. The summed E-state index contributed by atoms with van der Waals surface area (Å²) in [6, 6.07) is 2.76. The minimum Gasteiger partial charge on any atom is -0.406 e. The number of hydrogen-bond donors (Lipinski definition) is 0. The van der Waals surface area contributed by atoms with Crippen molar-refractivity contribution >= 4 is 5.91 Å². The van der Waals surface area contributed by atoms with Gasteiger partial charge in [0, 0.05) is 25.4 Å². The highest BCUT2D eigenvalue weighted by molar-refractivity contribution is 5.94. The van der Waals surface area contributed by atoms with E-state index < -0.39 is 24.5 Å². The number of halogens is 6. The standard InChI is InChI=1S/C21H19F6N3O2/c22-20(23,24)17-5-6-30(17)19(31)15-10-28-18(29-11-15)4-1-12-7-14(13-2-3-13)9-16(8-12)32-21(25,26)27/h7-11,13,17H,1-6H2. The van der Waals surface area contributed by atoms with Crippen LogP contribution in [0.15, 0.2) is 30.6 Å². The number of hydrogen-bond acceptors (Lipinski definition) is 4. The van der Waals surface area contributed by atoms with E-state index in [-0.39, 0.29) is 36.6 Å². The van der Waals surface area contributed by atoms with Gasteiger partial charge in [0.05, 0.1) is 5.56 Å². The van der Waals surface area contributed by atoms with E-state index in [4.69, 9.17) is 0 Å². The van der Waals surface area contributed by atoms with E-state index in [1.807, 2.05) is 6.07 Å². The molecule has 1 aromatic heterocycles. The molecule has 0 bridgehead atoms. The van der Waals surface area contributed by atoms with Crippen LogP contribution in [0, 0.1) is 0 Å². The molecule has 11 heteroatoms. The largest absolute Gasteiger partial charge is 0.573 e. The zero-order valence-electron chi connectivity index (χ0n) is 16.7. The summed E-state index contributed by atoms with van der Waals surface area (Å²) in [5, 5.41) is 0. The molecule has 1 atom stereocenters. The van der Waals surface area contributed by atoms with Gasteiger partial charge in [0.1, 0.15) is 17.6 Å². The van der Waals surface area contributed by atoms with Gasteiger partial charge in [-0.25, -0.2) is 9.97 Å². The number of alkyl halides is 6. The number of benzene rings is 1. The first-order valence-electron chi connectivity index (χ1n) is 10.1. The van der Waals surface area contributed by atoms with Crippen LogP contribution in [0.3, 0.4) is 0 Å². The van der Waals surface area contributed by atoms with Crippen molar-refractivity contribution in [1.29, 1.82) is 0 Å². The van der Waals surface area contributed by atoms with Gasteiger partial charge in [-0.15, -0.1) is 13.2 Å². The average Bonchev–Trinajstić information content (AvgIpc) is 3.48. The minimum atomic E-state index is -4.79. The van der Waals surface area contributed by atoms with Crippen LogP contribution in [0.5, 0.6) is 5.75 Å². The average molecular weight is 459 g/mol. The SMILES string of the molecule is O=C(c1cnc(CCc2cc(OC(F)(F)F)cc(C3CC3)c2)nc1)N1CCC1C(F)(F)F. The van der Waals surface area contributed by atoms with Gasteiger partial charge >= 0.3 is 12.5 Å². The number of likely N-dealkylation sites (tertiary alicyclic amines) is 1. The van der Waals surface area contributed by atoms with Gasteiger partial charge in [0.2, 0.25) is 0 Å². The van der Waals surface area contributed by atoms with Crippen molar-refractivity contribution < 1.29 is 35.9 Å². The first-order valence-corrected chi connectivity index (χ1v) is 10.1. The molecule has 1 saturated heterocycles. The minimum absolute atomic E-state index is 0.0183. The van der Waals surface area contributed by atoms with Crippen LogP contribution in [0.4, 0.5) is 26.3 Å². The van der Waals surface area contributed by atoms with Gasteiger partial charge < -0.3 is 9.64 Å². The number of aromatic nitrogens is 2. The molecule has 1 unspecified atom stereocenters. The summed E-state index contributed by atoms with van der Waals surface area (Å²) in [7, 11) is 0. The Kier molecular flexibility index (Phi) is 5.76. The molecule has 0 N–H and O–H groups in total. The van der Waals surface area contributed by atoms with Crippen molar-refractivity contribution in [3.05, 3.63) is 53.1 Å². The Balaban J connectivity index is 1.41. The molecule has 1 aliphatic carbocycles. The lowest BCUT2D eigenvalue weighted by Crippen LogP contribution is -2.58. The lowest BCUT2D eigenvalue weighted by Gasteiger charge is -2.41. The van der Waals surface area contributed by atoms with Gasteiger partial charge in [-0.2, -0.15) is 13.2 Å². The van der Waals surface area contributed by atoms with Crippen molar-refractivity contribution in [3.63, 3.8) is 0 Å². The fourth-order valence-electron chi connectivity index (χ4n) is 3.66. The Morgan fingerprint density at radius 3 is 2.22 bits per heavy atom. The molecule has 172 valence electrons. The molecule has 0 radical (unpaired) electrons. The predicted octanol–water partition coefficient (Wildman–Crippen LogP) is 4.81. The van der Waals surface area contributed by atoms with Crippen LogP contribution >= 0.6 is 0 Å². The number of nitrogens with zero attached hydrogens (tertiary/aromatic N) is 3. The van der Waals surface area contributed by atoms with Crippen molar-refractivity contribution in [2.45, 2.75) is 56.6 Å². The maximum absolute atomic E-state index is 12.9. The summed E-state index contributed by atoms with van der Waals surface area (Å²) in [6.45, 7) is 0.0183. The Hall–Kier alpha value is -2.85. The van der Waals surface area contributed by atoms with E-state index in [0.717, 1.165) is 23.3 Å². The zero-order chi connectivity index (χ0) is 23.1. The lowest BCUT2D eigenvalue weighted by molar-refractivity contribution is -0.274.